The molecule has 0 saturated heterocycles. The maximum atomic E-state index is 12.4. The Morgan fingerprint density at radius 2 is 1.93 bits per heavy atom. The van der Waals surface area contributed by atoms with Crippen LogP contribution in [-0.2, 0) is 16.1 Å². The van der Waals surface area contributed by atoms with Crippen LogP contribution in [0.25, 0.3) is 0 Å². The number of amides is 1. The minimum Gasteiger partial charge on any atom is -0.493 e. The lowest BCUT2D eigenvalue weighted by Gasteiger charge is -2.18. The fourth-order valence-corrected chi connectivity index (χ4v) is 3.66. The highest BCUT2D eigenvalue weighted by Gasteiger charge is 2.19. The van der Waals surface area contributed by atoms with E-state index >= 15 is 0 Å². The zero-order chi connectivity index (χ0) is 20.8. The number of anilines is 2. The van der Waals surface area contributed by atoms with Crippen LogP contribution < -0.4 is 9.64 Å². The van der Waals surface area contributed by atoms with E-state index in [2.05, 4.69) is 4.98 Å². The summed E-state index contributed by atoms with van der Waals surface area (Å²) in [6.45, 7) is 5.78. The maximum Gasteiger partial charge on any atom is 0.342 e. The van der Waals surface area contributed by atoms with Crippen LogP contribution in [0.15, 0.2) is 53.9 Å². The van der Waals surface area contributed by atoms with Gasteiger partial charge in [-0.05, 0) is 43.7 Å². The van der Waals surface area contributed by atoms with E-state index in [-0.39, 0.29) is 12.5 Å². The van der Waals surface area contributed by atoms with E-state index in [9.17, 15) is 9.59 Å². The topological polar surface area (TPSA) is 68.7 Å². The van der Waals surface area contributed by atoms with Crippen LogP contribution >= 0.6 is 11.3 Å². The molecule has 1 heterocycles. The van der Waals surface area contributed by atoms with Crippen molar-refractivity contribution in [3.05, 3.63) is 70.7 Å². The fraction of sp³-hybridized carbons (Fsp3) is 0.227. The number of rotatable bonds is 7. The average molecular weight is 410 g/mol. The number of aryl methyl sites for hydroxylation is 1. The first kappa shape index (κ1) is 20.5. The van der Waals surface area contributed by atoms with Crippen molar-refractivity contribution in [1.29, 1.82) is 0 Å². The molecule has 0 saturated carbocycles. The zero-order valence-corrected chi connectivity index (χ0v) is 17.4. The first-order chi connectivity index (χ1) is 14.0. The SMILES string of the molecule is CCOc1ccccc1C(=O)OCc1csc(N(C(C)=O)c2cccc(C)c2)n1. The molecule has 3 rings (SSSR count). The molecule has 3 aromatic rings. The third kappa shape index (κ3) is 5.00. The minimum absolute atomic E-state index is 0.00928. The van der Waals surface area contributed by atoms with Gasteiger partial charge in [-0.25, -0.2) is 9.78 Å². The van der Waals surface area contributed by atoms with Gasteiger partial charge in [-0.3, -0.25) is 9.69 Å². The summed E-state index contributed by atoms with van der Waals surface area (Å²) in [7, 11) is 0. The van der Waals surface area contributed by atoms with Gasteiger partial charge in [0.2, 0.25) is 5.91 Å². The molecule has 1 aromatic heterocycles. The van der Waals surface area contributed by atoms with Crippen LogP contribution in [0, 0.1) is 6.92 Å². The van der Waals surface area contributed by atoms with Crippen LogP contribution in [0.1, 0.15) is 35.5 Å². The zero-order valence-electron chi connectivity index (χ0n) is 16.5. The Kier molecular flexibility index (Phi) is 6.61. The fourth-order valence-electron chi connectivity index (χ4n) is 2.79. The van der Waals surface area contributed by atoms with Gasteiger partial charge in [0.05, 0.1) is 18.0 Å². The third-order valence-corrected chi connectivity index (χ3v) is 4.94. The number of carbonyl (C=O) groups is 2. The van der Waals surface area contributed by atoms with E-state index in [1.807, 2.05) is 38.1 Å². The van der Waals surface area contributed by atoms with Gasteiger partial charge >= 0.3 is 5.97 Å². The molecular weight excluding hydrogens is 388 g/mol. The molecule has 1 amide bonds. The summed E-state index contributed by atoms with van der Waals surface area (Å²) in [5.74, 6) is -0.133. The lowest BCUT2D eigenvalue weighted by atomic mass is 10.2. The van der Waals surface area contributed by atoms with Crippen LogP contribution in [0.2, 0.25) is 0 Å². The van der Waals surface area contributed by atoms with E-state index in [0.29, 0.717) is 28.7 Å². The molecule has 0 spiro atoms. The van der Waals surface area contributed by atoms with Crippen LogP contribution in [0.3, 0.4) is 0 Å². The predicted molar refractivity (Wildman–Crippen MR) is 113 cm³/mol. The first-order valence-electron chi connectivity index (χ1n) is 9.20. The van der Waals surface area contributed by atoms with Gasteiger partial charge in [-0.1, -0.05) is 24.3 Å². The average Bonchev–Trinajstić information content (AvgIpc) is 3.15. The molecule has 150 valence electrons. The molecule has 0 unspecified atom stereocenters. The minimum atomic E-state index is -0.481. The van der Waals surface area contributed by atoms with Crippen LogP contribution in [-0.4, -0.2) is 23.5 Å². The van der Waals surface area contributed by atoms with Crippen LogP contribution in [0.4, 0.5) is 10.8 Å². The maximum absolute atomic E-state index is 12.4. The molecule has 0 N–H and O–H groups in total. The largest absolute Gasteiger partial charge is 0.493 e. The van der Waals surface area contributed by atoms with E-state index in [1.54, 1.807) is 34.5 Å². The van der Waals surface area contributed by atoms with Crippen LogP contribution in [0.5, 0.6) is 5.75 Å². The van der Waals surface area contributed by atoms with E-state index in [4.69, 9.17) is 9.47 Å². The van der Waals surface area contributed by atoms with Gasteiger partial charge in [0, 0.05) is 12.3 Å². The molecule has 2 aromatic carbocycles. The normalized spacial score (nSPS) is 10.4. The lowest BCUT2D eigenvalue weighted by molar-refractivity contribution is -0.115. The summed E-state index contributed by atoms with van der Waals surface area (Å²) in [6, 6.07) is 14.6. The Hall–Kier alpha value is -3.19. The van der Waals surface area contributed by atoms with Gasteiger partial charge in [-0.2, -0.15) is 0 Å². The highest BCUT2D eigenvalue weighted by atomic mass is 32.1. The van der Waals surface area contributed by atoms with Gasteiger partial charge in [0.15, 0.2) is 5.13 Å². The summed E-state index contributed by atoms with van der Waals surface area (Å²) in [5, 5.41) is 2.31. The van der Waals surface area contributed by atoms with Gasteiger partial charge in [0.25, 0.3) is 0 Å². The quantitative estimate of drug-likeness (QED) is 0.519. The summed E-state index contributed by atoms with van der Waals surface area (Å²) < 4.78 is 10.9. The predicted octanol–water partition coefficient (Wildman–Crippen LogP) is 4.89. The second-order valence-electron chi connectivity index (χ2n) is 6.32. The van der Waals surface area contributed by atoms with Gasteiger partial charge < -0.3 is 9.47 Å². The molecular formula is C22H22N2O4S. The highest BCUT2D eigenvalue weighted by molar-refractivity contribution is 7.14. The summed E-state index contributed by atoms with van der Waals surface area (Å²) in [5.41, 5.74) is 2.74. The molecule has 0 bridgehead atoms. The number of para-hydroxylation sites is 1. The van der Waals surface area contributed by atoms with Crippen molar-refractivity contribution < 1.29 is 19.1 Å². The number of aromatic nitrogens is 1. The number of hydrogen-bond donors (Lipinski definition) is 0. The van der Waals surface area contributed by atoms with E-state index in [0.717, 1.165) is 11.3 Å². The standard InChI is InChI=1S/C22H22N2O4S/c1-4-27-20-11-6-5-10-19(20)21(26)28-13-17-14-29-22(23-17)24(16(3)25)18-9-7-8-15(2)12-18/h5-12,14H,4,13H2,1-3H3. The second-order valence-corrected chi connectivity index (χ2v) is 7.16. The van der Waals surface area contributed by atoms with E-state index < -0.39 is 5.97 Å². The molecule has 0 radical (unpaired) electrons. The van der Waals surface area contributed by atoms with Crippen molar-refractivity contribution in [2.75, 3.05) is 11.5 Å². The highest BCUT2D eigenvalue weighted by Crippen LogP contribution is 2.30. The molecule has 0 aliphatic carbocycles. The first-order valence-corrected chi connectivity index (χ1v) is 10.1. The Labute approximate surface area is 173 Å². The van der Waals surface area contributed by atoms with Crippen molar-refractivity contribution in [1.82, 2.24) is 4.98 Å². The number of nitrogens with zero attached hydrogens (tertiary/aromatic N) is 2. The van der Waals surface area contributed by atoms with Crippen molar-refractivity contribution in [3.8, 4) is 5.75 Å². The van der Waals surface area contributed by atoms with Crippen molar-refractivity contribution >= 4 is 34.0 Å². The van der Waals surface area contributed by atoms with Crippen molar-refractivity contribution in [2.45, 2.75) is 27.4 Å². The van der Waals surface area contributed by atoms with E-state index in [1.165, 1.54) is 18.3 Å². The van der Waals surface area contributed by atoms with Gasteiger partial charge in [-0.15, -0.1) is 11.3 Å². The number of hydrogen-bond acceptors (Lipinski definition) is 6. The number of carbonyl (C=O) groups excluding carboxylic acids is 2. The lowest BCUT2D eigenvalue weighted by Crippen LogP contribution is -2.22. The molecule has 0 atom stereocenters. The Balaban J connectivity index is 1.73. The molecule has 0 aliphatic rings. The number of ether oxygens (including phenoxy) is 2. The molecule has 29 heavy (non-hydrogen) atoms. The second kappa shape index (κ2) is 9.34. The monoisotopic (exact) mass is 410 g/mol. The molecule has 7 heteroatoms. The smallest absolute Gasteiger partial charge is 0.342 e. The Bertz CT molecular complexity index is 1020. The number of esters is 1. The Morgan fingerprint density at radius 3 is 2.66 bits per heavy atom. The summed E-state index contributed by atoms with van der Waals surface area (Å²) in [4.78, 5) is 30.7. The Morgan fingerprint density at radius 1 is 1.14 bits per heavy atom. The summed E-state index contributed by atoms with van der Waals surface area (Å²) >= 11 is 1.32. The number of benzene rings is 2. The molecule has 6 nitrogen and oxygen atoms in total. The molecule has 0 fully saturated rings. The summed E-state index contributed by atoms with van der Waals surface area (Å²) in [6.07, 6.45) is 0. The van der Waals surface area contributed by atoms with Crippen molar-refractivity contribution in [3.63, 3.8) is 0 Å². The molecule has 0 aliphatic heterocycles. The third-order valence-electron chi connectivity index (χ3n) is 4.06. The van der Waals surface area contributed by atoms with Crippen molar-refractivity contribution in [2.24, 2.45) is 0 Å². The van der Waals surface area contributed by atoms with Gasteiger partial charge in [0.1, 0.15) is 17.9 Å². The number of thiazole rings is 1.